The lowest BCUT2D eigenvalue weighted by Crippen LogP contribution is -2.49. The van der Waals surface area contributed by atoms with Crippen LogP contribution in [0.15, 0.2) is 36.4 Å². The Morgan fingerprint density at radius 1 is 1.14 bits per heavy atom. The van der Waals surface area contributed by atoms with Crippen molar-refractivity contribution in [1.82, 2.24) is 4.90 Å². The van der Waals surface area contributed by atoms with Gasteiger partial charge in [-0.2, -0.15) is 13.2 Å². The fourth-order valence-electron chi connectivity index (χ4n) is 5.54. The largest absolute Gasteiger partial charge is 0.487 e. The molecule has 2 aromatic rings. The molecule has 5 rings (SSSR count). The minimum atomic E-state index is -4.33. The number of piperidine rings is 1. The Balaban J connectivity index is 1.25. The number of aryl methyl sites for hydroxylation is 1. The number of hydrogen-bond donors (Lipinski definition) is 1. The van der Waals surface area contributed by atoms with E-state index in [1.807, 2.05) is 18.2 Å². The molecule has 1 atom stereocenters. The van der Waals surface area contributed by atoms with Gasteiger partial charge in [-0.25, -0.2) is 0 Å². The molecule has 1 spiro atoms. The first-order chi connectivity index (χ1) is 16.6. The molecule has 0 bridgehead atoms. The number of aliphatic carboxylic acids is 1. The third kappa shape index (κ3) is 5.35. The summed E-state index contributed by atoms with van der Waals surface area (Å²) in [7, 11) is 0. The lowest BCUT2D eigenvalue weighted by atomic mass is 9.82. The van der Waals surface area contributed by atoms with Crippen molar-refractivity contribution in [2.45, 2.75) is 76.1 Å². The smallest absolute Gasteiger partial charge is 0.416 e. The molecule has 2 fully saturated rings. The molecule has 1 N–H and O–H groups in total. The zero-order chi connectivity index (χ0) is 24.8. The van der Waals surface area contributed by atoms with E-state index < -0.39 is 23.6 Å². The lowest BCUT2D eigenvalue weighted by molar-refractivity contribution is -0.141. The van der Waals surface area contributed by atoms with E-state index in [0.29, 0.717) is 18.9 Å². The number of nitrogens with zero attached hydrogens (tertiary/aromatic N) is 1. The number of carboxylic acids is 1. The van der Waals surface area contributed by atoms with Crippen LogP contribution in [0.25, 0.3) is 0 Å². The van der Waals surface area contributed by atoms with Gasteiger partial charge in [-0.15, -0.1) is 0 Å². The molecular formula is C28H32F3NO3. The van der Waals surface area contributed by atoms with Gasteiger partial charge in [-0.1, -0.05) is 25.1 Å². The molecule has 35 heavy (non-hydrogen) atoms. The summed E-state index contributed by atoms with van der Waals surface area (Å²) in [5, 5.41) is 9.23. The number of halogens is 3. The van der Waals surface area contributed by atoms with Gasteiger partial charge in [0.1, 0.15) is 11.4 Å². The van der Waals surface area contributed by atoms with Gasteiger partial charge in [0, 0.05) is 19.6 Å². The van der Waals surface area contributed by atoms with Gasteiger partial charge >= 0.3 is 12.1 Å². The van der Waals surface area contributed by atoms with E-state index in [9.17, 15) is 23.1 Å². The number of fused-ring (bicyclic) bond motifs is 1. The van der Waals surface area contributed by atoms with Crippen molar-refractivity contribution in [2.24, 2.45) is 5.92 Å². The molecule has 0 radical (unpaired) electrons. The Kier molecular flexibility index (Phi) is 6.32. The molecule has 4 nitrogen and oxygen atoms in total. The molecule has 1 saturated heterocycles. The van der Waals surface area contributed by atoms with E-state index in [-0.39, 0.29) is 5.60 Å². The molecule has 1 aliphatic carbocycles. The molecule has 2 aromatic carbocycles. The van der Waals surface area contributed by atoms with E-state index >= 15 is 0 Å². The van der Waals surface area contributed by atoms with Crippen LogP contribution in [0.2, 0.25) is 0 Å². The van der Waals surface area contributed by atoms with Crippen molar-refractivity contribution < 1.29 is 27.8 Å². The van der Waals surface area contributed by atoms with E-state index in [4.69, 9.17) is 4.74 Å². The summed E-state index contributed by atoms with van der Waals surface area (Å²) >= 11 is 0. The molecule has 7 heteroatoms. The third-order valence-electron chi connectivity index (χ3n) is 7.92. The molecule has 1 saturated carbocycles. The van der Waals surface area contributed by atoms with E-state index in [0.717, 1.165) is 79.6 Å². The number of alkyl halides is 3. The van der Waals surface area contributed by atoms with Crippen molar-refractivity contribution in [2.75, 3.05) is 13.1 Å². The van der Waals surface area contributed by atoms with Crippen LogP contribution in [0, 0.1) is 5.92 Å². The first kappa shape index (κ1) is 24.2. The quantitative estimate of drug-likeness (QED) is 0.527. The second-order valence-electron chi connectivity index (χ2n) is 10.6. The van der Waals surface area contributed by atoms with Crippen LogP contribution in [0.5, 0.6) is 5.75 Å². The molecule has 0 amide bonds. The van der Waals surface area contributed by atoms with Gasteiger partial charge in [-0.3, -0.25) is 9.69 Å². The van der Waals surface area contributed by atoms with Gasteiger partial charge in [-0.05, 0) is 91.3 Å². The van der Waals surface area contributed by atoms with Gasteiger partial charge < -0.3 is 9.84 Å². The van der Waals surface area contributed by atoms with E-state index in [2.05, 4.69) is 4.90 Å². The Hall–Kier alpha value is -2.54. The molecule has 2 heterocycles. The number of carbonyl (C=O) groups is 1. The Labute approximate surface area is 204 Å². The summed E-state index contributed by atoms with van der Waals surface area (Å²) in [5.74, 6) is -0.00311. The van der Waals surface area contributed by atoms with Crippen molar-refractivity contribution in [1.29, 1.82) is 0 Å². The first-order valence-corrected chi connectivity index (χ1v) is 12.6. The average Bonchev–Trinajstić information content (AvgIpc) is 3.65. The first-order valence-electron chi connectivity index (χ1n) is 12.6. The number of likely N-dealkylation sites (tertiary alicyclic amines) is 1. The van der Waals surface area contributed by atoms with E-state index in [1.54, 1.807) is 13.0 Å². The minimum absolute atomic E-state index is 0.256. The molecule has 2 aliphatic heterocycles. The van der Waals surface area contributed by atoms with Crippen LogP contribution >= 0.6 is 0 Å². The highest BCUT2D eigenvalue weighted by Crippen LogP contribution is 2.44. The van der Waals surface area contributed by atoms with Crippen LogP contribution in [-0.2, 0) is 30.4 Å². The predicted molar refractivity (Wildman–Crippen MR) is 127 cm³/mol. The van der Waals surface area contributed by atoms with Crippen molar-refractivity contribution in [3.05, 3.63) is 64.2 Å². The number of rotatable bonds is 6. The fourth-order valence-corrected chi connectivity index (χ4v) is 5.54. The predicted octanol–water partition coefficient (Wildman–Crippen LogP) is 6.21. The second-order valence-corrected chi connectivity index (χ2v) is 10.6. The Morgan fingerprint density at radius 3 is 2.54 bits per heavy atom. The average molecular weight is 488 g/mol. The minimum Gasteiger partial charge on any atom is -0.487 e. The maximum atomic E-state index is 13.3. The zero-order valence-corrected chi connectivity index (χ0v) is 20.0. The van der Waals surface area contributed by atoms with E-state index in [1.165, 1.54) is 12.1 Å². The highest BCUT2D eigenvalue weighted by atomic mass is 19.4. The van der Waals surface area contributed by atoms with Gasteiger partial charge in [0.2, 0.25) is 0 Å². The molecule has 1 unspecified atom stereocenters. The number of hydrogen-bond acceptors (Lipinski definition) is 3. The van der Waals surface area contributed by atoms with Gasteiger partial charge in [0.15, 0.2) is 0 Å². The monoisotopic (exact) mass is 487 g/mol. The summed E-state index contributed by atoms with van der Waals surface area (Å²) in [6.45, 7) is 3.81. The summed E-state index contributed by atoms with van der Waals surface area (Å²) in [4.78, 5) is 13.5. The van der Waals surface area contributed by atoms with Crippen LogP contribution in [0.3, 0.4) is 0 Å². The van der Waals surface area contributed by atoms with Crippen LogP contribution in [0.1, 0.15) is 72.8 Å². The molecule has 188 valence electrons. The highest BCUT2D eigenvalue weighted by molar-refractivity contribution is 5.70. The summed E-state index contributed by atoms with van der Waals surface area (Å²) in [5.41, 5.74) is 3.18. The normalized spacial score (nSPS) is 20.8. The second kappa shape index (κ2) is 9.16. The number of carboxylic acid groups (broad SMARTS) is 1. The lowest BCUT2D eigenvalue weighted by Gasteiger charge is -2.45. The summed E-state index contributed by atoms with van der Waals surface area (Å²) < 4.78 is 46.6. The van der Waals surface area contributed by atoms with Gasteiger partial charge in [0.05, 0.1) is 11.5 Å². The van der Waals surface area contributed by atoms with Crippen LogP contribution in [0.4, 0.5) is 13.2 Å². The standard InChI is InChI=1S/C28H32F3NO3/c1-18(26(33)34)14-19-2-3-21-8-9-27(35-25(21)15-19)10-12-32(13-11-27)17-22-16-23(28(29,30)31)6-7-24(22)20-4-5-20/h2-3,6-7,15-16,18,20H,4-5,8-14,17H2,1H3,(H,33,34). The maximum Gasteiger partial charge on any atom is 0.416 e. The molecule has 0 aromatic heterocycles. The fraction of sp³-hybridized carbons (Fsp3) is 0.536. The SMILES string of the molecule is CC(Cc1ccc2c(c1)OC1(CC2)CCN(Cc2cc(C(F)(F)F)ccc2C2CC2)CC1)C(=O)O. The van der Waals surface area contributed by atoms with Crippen molar-refractivity contribution in [3.8, 4) is 5.75 Å². The maximum absolute atomic E-state index is 13.3. The van der Waals surface area contributed by atoms with Crippen LogP contribution < -0.4 is 4.74 Å². The van der Waals surface area contributed by atoms with Crippen LogP contribution in [-0.4, -0.2) is 34.7 Å². The third-order valence-corrected chi connectivity index (χ3v) is 7.92. The van der Waals surface area contributed by atoms with Gasteiger partial charge in [0.25, 0.3) is 0 Å². The molecule has 3 aliphatic rings. The van der Waals surface area contributed by atoms with Crippen molar-refractivity contribution >= 4 is 5.97 Å². The Morgan fingerprint density at radius 2 is 1.89 bits per heavy atom. The zero-order valence-electron chi connectivity index (χ0n) is 20.0. The Bertz CT molecular complexity index is 1100. The summed E-state index contributed by atoms with van der Waals surface area (Å²) in [6.07, 6.45) is 1.77. The number of benzene rings is 2. The highest BCUT2D eigenvalue weighted by Gasteiger charge is 2.40. The topological polar surface area (TPSA) is 49.8 Å². The van der Waals surface area contributed by atoms with Crippen molar-refractivity contribution in [3.63, 3.8) is 0 Å². The summed E-state index contributed by atoms with van der Waals surface area (Å²) in [6, 6.07) is 10.3. The molecular weight excluding hydrogens is 455 g/mol. The number of ether oxygens (including phenoxy) is 1.